The summed E-state index contributed by atoms with van der Waals surface area (Å²) in [6.07, 6.45) is 6.17. The SMILES string of the molecule is C=C1C[N+](CCCC)=NO1.CCC1=C(CC)CN(C)CC1. The van der Waals surface area contributed by atoms with Crippen molar-refractivity contribution in [2.24, 2.45) is 5.28 Å². The Hall–Kier alpha value is -1.16. The summed E-state index contributed by atoms with van der Waals surface area (Å²) < 4.78 is 1.89. The van der Waals surface area contributed by atoms with Gasteiger partial charge >= 0.3 is 0 Å². The van der Waals surface area contributed by atoms with Crippen LogP contribution < -0.4 is 0 Å². The van der Waals surface area contributed by atoms with E-state index in [1.807, 2.05) is 4.70 Å². The first kappa shape index (κ1) is 17.9. The van der Waals surface area contributed by atoms with Gasteiger partial charge in [-0.3, -0.25) is 0 Å². The molecular weight excluding hydrogens is 262 g/mol. The van der Waals surface area contributed by atoms with Crippen LogP contribution in [0.25, 0.3) is 0 Å². The van der Waals surface area contributed by atoms with E-state index in [9.17, 15) is 0 Å². The van der Waals surface area contributed by atoms with E-state index in [0.29, 0.717) is 0 Å². The van der Waals surface area contributed by atoms with Gasteiger partial charge in [0.25, 0.3) is 0 Å². The predicted molar refractivity (Wildman–Crippen MR) is 87.3 cm³/mol. The Morgan fingerprint density at radius 1 is 1.24 bits per heavy atom. The van der Waals surface area contributed by atoms with Gasteiger partial charge in [0.2, 0.25) is 12.3 Å². The molecule has 0 radical (unpaired) electrons. The predicted octanol–water partition coefficient (Wildman–Crippen LogP) is 4.15. The summed E-state index contributed by atoms with van der Waals surface area (Å²) in [5, 5.41) is 3.79. The molecule has 0 fully saturated rings. The lowest BCUT2D eigenvalue weighted by molar-refractivity contribution is -0.587. The van der Waals surface area contributed by atoms with Crippen LogP contribution in [0.15, 0.2) is 28.8 Å². The highest BCUT2D eigenvalue weighted by atomic mass is 16.7. The molecule has 2 aliphatic heterocycles. The standard InChI is InChI=1S/C10H19N.C7H13N2O/c1-4-9-6-7-11(3)8-10(9)5-2;1-3-4-5-9-6-7(2)10-8-9/h4-8H2,1-3H3;2-6H2,1H3/q;+1. The Morgan fingerprint density at radius 3 is 2.48 bits per heavy atom. The highest BCUT2D eigenvalue weighted by Gasteiger charge is 2.17. The number of nitrogens with zero attached hydrogens (tertiary/aromatic N) is 3. The lowest BCUT2D eigenvalue weighted by Crippen LogP contribution is -2.27. The molecular formula is C17H32N3O+. The molecule has 0 saturated heterocycles. The van der Waals surface area contributed by atoms with E-state index in [1.54, 1.807) is 11.1 Å². The maximum atomic E-state index is 4.82. The van der Waals surface area contributed by atoms with Crippen LogP contribution in [0.5, 0.6) is 0 Å². The topological polar surface area (TPSA) is 27.8 Å². The third-order valence-electron chi connectivity index (χ3n) is 4.02. The maximum Gasteiger partial charge on any atom is 0.231 e. The molecule has 0 N–H and O–H groups in total. The van der Waals surface area contributed by atoms with Crippen LogP contribution in [-0.2, 0) is 4.84 Å². The van der Waals surface area contributed by atoms with Gasteiger partial charge in [0.15, 0.2) is 11.8 Å². The van der Waals surface area contributed by atoms with Crippen molar-refractivity contribution in [2.75, 3.05) is 33.2 Å². The molecule has 0 aromatic carbocycles. The molecule has 0 aliphatic carbocycles. The number of unbranched alkanes of at least 4 members (excludes halogenated alkanes) is 1. The molecule has 0 aromatic rings. The molecule has 4 heteroatoms. The van der Waals surface area contributed by atoms with Crippen LogP contribution in [0.1, 0.15) is 52.9 Å². The average molecular weight is 294 g/mol. The largest absolute Gasteiger partial charge is 0.306 e. The number of hydrogen-bond acceptors (Lipinski definition) is 3. The van der Waals surface area contributed by atoms with Crippen LogP contribution in [0.4, 0.5) is 0 Å². The van der Waals surface area contributed by atoms with Gasteiger partial charge in [0.05, 0.1) is 0 Å². The molecule has 0 unspecified atom stereocenters. The van der Waals surface area contributed by atoms with Crippen LogP contribution >= 0.6 is 0 Å². The third kappa shape index (κ3) is 6.42. The Bertz CT molecular complexity index is 399. The second-order valence-corrected chi connectivity index (χ2v) is 5.86. The molecule has 0 aromatic heterocycles. The molecule has 0 saturated carbocycles. The quantitative estimate of drug-likeness (QED) is 0.563. The van der Waals surface area contributed by atoms with Gasteiger partial charge in [0.1, 0.15) is 0 Å². The maximum absolute atomic E-state index is 4.82. The Morgan fingerprint density at radius 2 is 1.95 bits per heavy atom. The summed E-state index contributed by atoms with van der Waals surface area (Å²) >= 11 is 0. The monoisotopic (exact) mass is 294 g/mol. The van der Waals surface area contributed by atoms with Gasteiger partial charge in [0, 0.05) is 19.5 Å². The molecule has 2 heterocycles. The molecule has 2 rings (SSSR count). The summed E-state index contributed by atoms with van der Waals surface area (Å²) in [6, 6.07) is 0. The van der Waals surface area contributed by atoms with Crippen molar-refractivity contribution < 1.29 is 9.53 Å². The number of hydrogen-bond donors (Lipinski definition) is 0. The highest BCUT2D eigenvalue weighted by molar-refractivity contribution is 5.18. The Kier molecular flexibility index (Phi) is 8.28. The summed E-state index contributed by atoms with van der Waals surface area (Å²) in [5.41, 5.74) is 3.40. The first-order valence-corrected chi connectivity index (χ1v) is 8.29. The van der Waals surface area contributed by atoms with E-state index in [2.05, 4.69) is 44.6 Å². The zero-order valence-corrected chi connectivity index (χ0v) is 14.3. The van der Waals surface area contributed by atoms with E-state index in [1.165, 1.54) is 45.2 Å². The fraction of sp³-hybridized carbons (Fsp3) is 0.765. The van der Waals surface area contributed by atoms with Crippen molar-refractivity contribution in [1.82, 2.24) is 4.90 Å². The summed E-state index contributed by atoms with van der Waals surface area (Å²) in [7, 11) is 2.21. The van der Waals surface area contributed by atoms with Gasteiger partial charge in [-0.25, -0.2) is 0 Å². The van der Waals surface area contributed by atoms with E-state index < -0.39 is 0 Å². The fourth-order valence-corrected chi connectivity index (χ4v) is 2.65. The molecule has 21 heavy (non-hydrogen) atoms. The van der Waals surface area contributed by atoms with Crippen molar-refractivity contribution in [3.8, 4) is 0 Å². The zero-order chi connectivity index (χ0) is 15.7. The van der Waals surface area contributed by atoms with Crippen molar-refractivity contribution >= 4 is 0 Å². The van der Waals surface area contributed by atoms with Crippen LogP contribution in [0.2, 0.25) is 0 Å². The van der Waals surface area contributed by atoms with E-state index >= 15 is 0 Å². The van der Waals surface area contributed by atoms with E-state index in [4.69, 9.17) is 4.84 Å². The molecule has 0 amide bonds. The van der Waals surface area contributed by atoms with Crippen LogP contribution in [-0.4, -0.2) is 42.8 Å². The summed E-state index contributed by atoms with van der Waals surface area (Å²) in [6.45, 7) is 14.6. The van der Waals surface area contributed by atoms with E-state index in [-0.39, 0.29) is 0 Å². The van der Waals surface area contributed by atoms with Gasteiger partial charge in [-0.2, -0.15) is 0 Å². The second kappa shape index (κ2) is 9.72. The molecule has 120 valence electrons. The third-order valence-corrected chi connectivity index (χ3v) is 4.02. The van der Waals surface area contributed by atoms with Crippen LogP contribution in [0.3, 0.4) is 0 Å². The van der Waals surface area contributed by atoms with Gasteiger partial charge in [-0.1, -0.05) is 49.6 Å². The van der Waals surface area contributed by atoms with Crippen molar-refractivity contribution in [2.45, 2.75) is 52.9 Å². The molecule has 0 spiro atoms. The Labute approximate surface area is 130 Å². The van der Waals surface area contributed by atoms with Gasteiger partial charge in [-0.05, 0) is 26.3 Å². The van der Waals surface area contributed by atoms with Gasteiger partial charge < -0.3 is 9.74 Å². The molecule has 0 bridgehead atoms. The summed E-state index contributed by atoms with van der Waals surface area (Å²) in [4.78, 5) is 7.23. The first-order chi connectivity index (χ1) is 10.1. The molecule has 4 nitrogen and oxygen atoms in total. The van der Waals surface area contributed by atoms with Gasteiger partial charge in [-0.15, -0.1) is 0 Å². The minimum atomic E-state index is 0.746. The lowest BCUT2D eigenvalue weighted by atomic mass is 9.96. The second-order valence-electron chi connectivity index (χ2n) is 5.86. The first-order valence-electron chi connectivity index (χ1n) is 8.29. The minimum absolute atomic E-state index is 0.746. The minimum Gasteiger partial charge on any atom is -0.306 e. The average Bonchev–Trinajstić information content (AvgIpc) is 2.91. The summed E-state index contributed by atoms with van der Waals surface area (Å²) in [5.74, 6) is 0.746. The van der Waals surface area contributed by atoms with Crippen LogP contribution in [0, 0.1) is 0 Å². The Balaban J connectivity index is 0.000000211. The number of likely N-dealkylation sites (N-methyl/N-ethyl adjacent to an activating group) is 1. The number of rotatable bonds is 5. The lowest BCUT2D eigenvalue weighted by Gasteiger charge is -2.26. The highest BCUT2D eigenvalue weighted by Crippen LogP contribution is 2.21. The fourth-order valence-electron chi connectivity index (χ4n) is 2.65. The van der Waals surface area contributed by atoms with Crippen molar-refractivity contribution in [1.29, 1.82) is 0 Å². The van der Waals surface area contributed by atoms with E-state index in [0.717, 1.165) is 18.8 Å². The molecule has 0 atom stereocenters. The van der Waals surface area contributed by atoms with Crippen molar-refractivity contribution in [3.63, 3.8) is 0 Å². The zero-order valence-electron chi connectivity index (χ0n) is 14.3. The van der Waals surface area contributed by atoms with Crippen molar-refractivity contribution in [3.05, 3.63) is 23.5 Å². The normalized spacial score (nSPS) is 19.0. The smallest absolute Gasteiger partial charge is 0.231 e. The molecule has 2 aliphatic rings.